The van der Waals surface area contributed by atoms with Crippen LogP contribution < -0.4 is 5.73 Å². The number of hydrogen-bond acceptors (Lipinski definition) is 16. The summed E-state index contributed by atoms with van der Waals surface area (Å²) in [5.74, 6) is -0.656. The third-order valence-electron chi connectivity index (χ3n) is 9.73. The standard InChI is InChI=1S/C40H27N7O13S4.Na/c41-22-8-10-25-21(16-22)17-38(64(58,59)60)39(40(25)48)47-46-35-15-14-34(28-11-9-24(20-30(28)35)61(49,50)51)45-44-33-13-12-32(26-4-1-2-5-27(26)33)43-42-23-18-31-29(37(19-23)63(55,56)57)6-3-7-36(31)62(52,53)54;/h1-20,48H,41H2,(H,49,50,51)(H,52,53,54)(H,55,56,57)(H,58,59,60);. The van der Waals surface area contributed by atoms with E-state index in [1.165, 1.54) is 66.7 Å². The van der Waals surface area contributed by atoms with Crippen molar-refractivity contribution in [1.82, 2.24) is 0 Å². The van der Waals surface area contributed by atoms with Gasteiger partial charge in [0, 0.05) is 72.9 Å². The molecule has 0 fully saturated rings. The molecule has 0 heterocycles. The van der Waals surface area contributed by atoms with Gasteiger partial charge in [-0.05, 0) is 84.2 Å². The molecular formula is C40H27N7NaO13S4. The molecule has 0 amide bonds. The molecule has 325 valence electrons. The van der Waals surface area contributed by atoms with Gasteiger partial charge in [0.05, 0.1) is 33.3 Å². The third kappa shape index (κ3) is 9.49. The van der Waals surface area contributed by atoms with Crippen molar-refractivity contribution in [3.8, 4) is 5.75 Å². The summed E-state index contributed by atoms with van der Waals surface area (Å²) in [5.41, 5.74) is 5.84. The summed E-state index contributed by atoms with van der Waals surface area (Å²) < 4.78 is 138. The number of phenolic OH excluding ortho intramolecular Hbond substituents is 1. The first-order valence-electron chi connectivity index (χ1n) is 17.9. The van der Waals surface area contributed by atoms with Crippen molar-refractivity contribution in [3.63, 3.8) is 0 Å². The average Bonchev–Trinajstić information content (AvgIpc) is 3.22. The van der Waals surface area contributed by atoms with Crippen molar-refractivity contribution >= 4 is 153 Å². The van der Waals surface area contributed by atoms with E-state index in [4.69, 9.17) is 5.73 Å². The van der Waals surface area contributed by atoms with Gasteiger partial charge in [-0.1, -0.05) is 42.5 Å². The van der Waals surface area contributed by atoms with Crippen LogP contribution >= 0.6 is 0 Å². The van der Waals surface area contributed by atoms with Crippen LogP contribution in [0.15, 0.2) is 172 Å². The maximum absolute atomic E-state index is 12.4. The zero-order valence-electron chi connectivity index (χ0n) is 32.9. The largest absolute Gasteiger partial charge is 0.505 e. The second-order valence-corrected chi connectivity index (χ2v) is 19.4. The fourth-order valence-corrected chi connectivity index (χ4v) is 9.45. The Bertz CT molecular complexity index is 3890. The molecule has 65 heavy (non-hydrogen) atoms. The van der Waals surface area contributed by atoms with Crippen LogP contribution in [0.2, 0.25) is 0 Å². The number of hydrogen-bond donors (Lipinski definition) is 6. The Morgan fingerprint density at radius 2 is 0.908 bits per heavy atom. The Kier molecular flexibility index (Phi) is 12.5. The number of aromatic hydroxyl groups is 1. The SMILES string of the molecule is Nc1ccc2c(O)c(N=Nc3ccc(N=Nc4ccc(N=Nc5cc(S(=O)(=O)O)c6cccc(S(=O)(=O)O)c6c5)c5ccccc45)c4ccc(S(=O)(=O)O)cc34)c(S(=O)(=O)O)cc2c1.[Na]. The summed E-state index contributed by atoms with van der Waals surface area (Å²) in [6.45, 7) is 0. The minimum Gasteiger partial charge on any atom is -0.505 e. The molecule has 0 spiro atoms. The molecule has 0 aromatic heterocycles. The molecule has 0 saturated heterocycles. The monoisotopic (exact) mass is 964 g/mol. The number of benzene rings is 8. The van der Waals surface area contributed by atoms with E-state index in [1.54, 1.807) is 24.3 Å². The van der Waals surface area contributed by atoms with Crippen molar-refractivity contribution in [2.75, 3.05) is 5.73 Å². The Morgan fingerprint density at radius 1 is 0.400 bits per heavy atom. The zero-order chi connectivity index (χ0) is 45.9. The topological polar surface area (TPSA) is 338 Å². The fraction of sp³-hybridized carbons (Fsp3) is 0. The quantitative estimate of drug-likeness (QED) is 0.0322. The Labute approximate surface area is 390 Å². The van der Waals surface area contributed by atoms with E-state index in [0.717, 1.165) is 30.3 Å². The van der Waals surface area contributed by atoms with E-state index in [0.29, 0.717) is 16.5 Å². The van der Waals surface area contributed by atoms with E-state index < -0.39 is 71.5 Å². The number of anilines is 1. The number of azo groups is 3. The van der Waals surface area contributed by atoms with Crippen molar-refractivity contribution in [2.45, 2.75) is 19.6 Å². The second-order valence-electron chi connectivity index (χ2n) is 13.8. The number of phenols is 1. The Balaban J connectivity index is 0.00000630. The fourth-order valence-electron chi connectivity index (χ4n) is 6.86. The van der Waals surface area contributed by atoms with Gasteiger partial charge in [0.15, 0.2) is 5.75 Å². The molecule has 8 rings (SSSR count). The maximum Gasteiger partial charge on any atom is 0.296 e. The van der Waals surface area contributed by atoms with Gasteiger partial charge in [0.1, 0.15) is 20.4 Å². The summed E-state index contributed by atoms with van der Waals surface area (Å²) in [6, 6.07) is 26.9. The van der Waals surface area contributed by atoms with Crippen LogP contribution in [-0.4, -0.2) is 86.5 Å². The average molecular weight is 965 g/mol. The number of fused-ring (bicyclic) bond motifs is 4. The van der Waals surface area contributed by atoms with Gasteiger partial charge in [0.25, 0.3) is 40.5 Å². The summed E-state index contributed by atoms with van der Waals surface area (Å²) in [7, 11) is -19.5. The molecule has 0 aliphatic carbocycles. The summed E-state index contributed by atoms with van der Waals surface area (Å²) in [4.78, 5) is -2.64. The molecule has 8 aromatic rings. The molecule has 8 aromatic carbocycles. The van der Waals surface area contributed by atoms with Gasteiger partial charge >= 0.3 is 0 Å². The van der Waals surface area contributed by atoms with Crippen molar-refractivity contribution in [2.24, 2.45) is 30.7 Å². The van der Waals surface area contributed by atoms with Crippen LogP contribution in [0.1, 0.15) is 0 Å². The van der Waals surface area contributed by atoms with E-state index in [9.17, 15) is 57.0 Å². The summed E-state index contributed by atoms with van der Waals surface area (Å²) in [6.07, 6.45) is 0. The zero-order valence-corrected chi connectivity index (χ0v) is 38.2. The minimum atomic E-state index is -4.99. The van der Waals surface area contributed by atoms with Gasteiger partial charge in [-0.3, -0.25) is 18.2 Å². The van der Waals surface area contributed by atoms with Crippen molar-refractivity contribution in [3.05, 3.63) is 121 Å². The molecule has 25 heteroatoms. The summed E-state index contributed by atoms with van der Waals surface area (Å²) in [5, 5.41) is 37.4. The first-order valence-corrected chi connectivity index (χ1v) is 23.7. The number of nitrogens with two attached hydrogens (primary N) is 1. The smallest absolute Gasteiger partial charge is 0.296 e. The van der Waals surface area contributed by atoms with E-state index in [-0.39, 0.29) is 90.3 Å². The van der Waals surface area contributed by atoms with Crippen LogP contribution in [-0.2, 0) is 40.5 Å². The van der Waals surface area contributed by atoms with E-state index in [2.05, 4.69) is 30.7 Å². The van der Waals surface area contributed by atoms with Crippen molar-refractivity contribution < 1.29 is 57.0 Å². The van der Waals surface area contributed by atoms with Crippen LogP contribution in [0.25, 0.3) is 43.1 Å². The number of nitrogen functional groups attached to an aromatic ring is 1. The van der Waals surface area contributed by atoms with Crippen LogP contribution in [0.5, 0.6) is 5.75 Å². The van der Waals surface area contributed by atoms with Gasteiger partial charge in [-0.2, -0.15) is 38.8 Å². The van der Waals surface area contributed by atoms with E-state index >= 15 is 0 Å². The van der Waals surface area contributed by atoms with Gasteiger partial charge in [0.2, 0.25) is 0 Å². The van der Waals surface area contributed by atoms with E-state index in [1.807, 2.05) is 0 Å². The van der Waals surface area contributed by atoms with Gasteiger partial charge in [-0.15, -0.1) is 25.6 Å². The Hall–Kier alpha value is -6.16. The minimum absolute atomic E-state index is 0. The second kappa shape index (κ2) is 17.3. The molecule has 20 nitrogen and oxygen atoms in total. The molecule has 0 bridgehead atoms. The molecule has 0 saturated carbocycles. The number of nitrogens with zero attached hydrogens (tertiary/aromatic N) is 6. The van der Waals surface area contributed by atoms with Crippen LogP contribution in [0.4, 0.5) is 39.8 Å². The molecule has 1 radical (unpaired) electrons. The first kappa shape index (κ1) is 46.8. The molecule has 0 atom stereocenters. The predicted molar refractivity (Wildman–Crippen MR) is 239 cm³/mol. The molecule has 0 unspecified atom stereocenters. The molecule has 7 N–H and O–H groups in total. The Morgan fingerprint density at radius 3 is 1.48 bits per heavy atom. The maximum atomic E-state index is 12.4. The molecular weight excluding hydrogens is 938 g/mol. The summed E-state index contributed by atoms with van der Waals surface area (Å²) >= 11 is 0. The van der Waals surface area contributed by atoms with Crippen LogP contribution in [0, 0.1) is 0 Å². The molecule has 0 aliphatic rings. The van der Waals surface area contributed by atoms with Crippen molar-refractivity contribution in [1.29, 1.82) is 0 Å². The normalized spacial score (nSPS) is 12.9. The number of rotatable bonds is 10. The van der Waals surface area contributed by atoms with Gasteiger partial charge in [-0.25, -0.2) is 0 Å². The third-order valence-corrected chi connectivity index (χ3v) is 13.2. The van der Waals surface area contributed by atoms with Crippen LogP contribution in [0.3, 0.4) is 0 Å². The first-order chi connectivity index (χ1) is 30.1. The van der Waals surface area contributed by atoms with Gasteiger partial charge < -0.3 is 10.8 Å². The predicted octanol–water partition coefficient (Wildman–Crippen LogP) is 9.44. The molecule has 0 aliphatic heterocycles.